The van der Waals surface area contributed by atoms with E-state index in [1.54, 1.807) is 0 Å². The van der Waals surface area contributed by atoms with Gasteiger partial charge >= 0.3 is 5.97 Å². The highest BCUT2D eigenvalue weighted by atomic mass is 16.4. The van der Waals surface area contributed by atoms with Gasteiger partial charge in [-0.25, -0.2) is 9.78 Å². The Morgan fingerprint density at radius 3 is 2.59 bits per heavy atom. The van der Waals surface area contributed by atoms with Crippen molar-refractivity contribution in [2.75, 3.05) is 5.32 Å². The Bertz CT molecular complexity index is 538. The molecule has 0 saturated heterocycles. The molecule has 0 aliphatic carbocycles. The van der Waals surface area contributed by atoms with Crippen LogP contribution < -0.4 is 5.32 Å². The van der Waals surface area contributed by atoms with E-state index in [0.717, 1.165) is 11.3 Å². The summed E-state index contributed by atoms with van der Waals surface area (Å²) in [5, 5.41) is 11.8. The molecule has 0 fully saturated rings. The first-order valence-corrected chi connectivity index (χ1v) is 5.04. The molecule has 5 heteroatoms. The van der Waals surface area contributed by atoms with Crippen molar-refractivity contribution in [1.82, 2.24) is 9.97 Å². The minimum Gasteiger partial charge on any atom is -0.476 e. The summed E-state index contributed by atoms with van der Waals surface area (Å²) >= 11 is 0. The first kappa shape index (κ1) is 11.1. The summed E-state index contributed by atoms with van der Waals surface area (Å²) in [5.74, 6) is -0.682. The molecule has 17 heavy (non-hydrogen) atoms. The highest BCUT2D eigenvalue weighted by molar-refractivity contribution is 5.85. The number of rotatable bonds is 3. The van der Waals surface area contributed by atoms with Crippen molar-refractivity contribution in [3.63, 3.8) is 0 Å². The van der Waals surface area contributed by atoms with Crippen LogP contribution in [0, 0.1) is 6.92 Å². The van der Waals surface area contributed by atoms with Gasteiger partial charge in [-0.2, -0.15) is 0 Å². The average Bonchev–Trinajstić information content (AvgIpc) is 2.32. The van der Waals surface area contributed by atoms with Crippen molar-refractivity contribution >= 4 is 17.5 Å². The second kappa shape index (κ2) is 4.61. The Kier molecular flexibility index (Phi) is 3.00. The third-order valence-electron chi connectivity index (χ3n) is 2.18. The topological polar surface area (TPSA) is 75.1 Å². The number of hydrogen-bond acceptors (Lipinski definition) is 4. The molecule has 0 unspecified atom stereocenters. The van der Waals surface area contributed by atoms with Crippen LogP contribution in [0.2, 0.25) is 0 Å². The quantitative estimate of drug-likeness (QED) is 0.844. The molecule has 0 aliphatic rings. The molecule has 2 N–H and O–H groups in total. The first-order valence-electron chi connectivity index (χ1n) is 5.04. The van der Waals surface area contributed by atoms with E-state index in [1.807, 2.05) is 31.2 Å². The summed E-state index contributed by atoms with van der Waals surface area (Å²) in [6.45, 7) is 1.99. The number of anilines is 2. The zero-order chi connectivity index (χ0) is 12.3. The number of carboxylic acids is 1. The molecule has 2 aromatic rings. The lowest BCUT2D eigenvalue weighted by molar-refractivity contribution is 0.0690. The van der Waals surface area contributed by atoms with Crippen LogP contribution in [0.25, 0.3) is 0 Å². The van der Waals surface area contributed by atoms with Gasteiger partial charge in [0.1, 0.15) is 5.82 Å². The Balaban J connectivity index is 2.21. The van der Waals surface area contributed by atoms with Crippen LogP contribution in [0.4, 0.5) is 11.5 Å². The summed E-state index contributed by atoms with van der Waals surface area (Å²) in [7, 11) is 0. The summed E-state index contributed by atoms with van der Waals surface area (Å²) in [6.07, 6.45) is 2.69. The fourth-order valence-electron chi connectivity index (χ4n) is 1.31. The van der Waals surface area contributed by atoms with E-state index < -0.39 is 5.97 Å². The number of aryl methyl sites for hydroxylation is 1. The van der Waals surface area contributed by atoms with Gasteiger partial charge in [0.15, 0.2) is 5.69 Å². The van der Waals surface area contributed by atoms with Gasteiger partial charge < -0.3 is 10.4 Å². The number of nitrogens with one attached hydrogen (secondary N) is 1. The van der Waals surface area contributed by atoms with Crippen molar-refractivity contribution in [3.05, 3.63) is 47.9 Å². The lowest BCUT2D eigenvalue weighted by Crippen LogP contribution is -2.03. The van der Waals surface area contributed by atoms with Gasteiger partial charge in [0, 0.05) is 5.69 Å². The van der Waals surface area contributed by atoms with E-state index in [0.29, 0.717) is 5.82 Å². The number of aromatic carboxylic acids is 1. The maximum atomic E-state index is 10.7. The predicted octanol–water partition coefficient (Wildman–Crippen LogP) is 2.23. The summed E-state index contributed by atoms with van der Waals surface area (Å²) < 4.78 is 0. The SMILES string of the molecule is Cc1ccc(Nc2cncc(C(=O)O)n2)cc1. The van der Waals surface area contributed by atoms with Gasteiger partial charge in [-0.3, -0.25) is 4.98 Å². The van der Waals surface area contributed by atoms with Gasteiger partial charge in [0.2, 0.25) is 0 Å². The molecule has 0 bridgehead atoms. The normalized spacial score (nSPS) is 9.94. The molecule has 0 amide bonds. The Hall–Kier alpha value is -2.43. The van der Waals surface area contributed by atoms with Crippen molar-refractivity contribution in [2.45, 2.75) is 6.92 Å². The van der Waals surface area contributed by atoms with E-state index in [9.17, 15) is 4.79 Å². The van der Waals surface area contributed by atoms with E-state index >= 15 is 0 Å². The van der Waals surface area contributed by atoms with Crippen LogP contribution in [0.1, 0.15) is 16.1 Å². The van der Waals surface area contributed by atoms with Crippen LogP contribution in [-0.2, 0) is 0 Å². The molecule has 86 valence electrons. The number of nitrogens with zero attached hydrogens (tertiary/aromatic N) is 2. The van der Waals surface area contributed by atoms with Crippen LogP contribution in [0.5, 0.6) is 0 Å². The molecule has 1 aromatic carbocycles. The number of carboxylic acid groups (broad SMARTS) is 1. The molecule has 2 rings (SSSR count). The van der Waals surface area contributed by atoms with Gasteiger partial charge in [-0.15, -0.1) is 0 Å². The standard InChI is InChI=1S/C12H11N3O2/c1-8-2-4-9(5-3-8)14-11-7-13-6-10(15-11)12(16)17/h2-7H,1H3,(H,14,15)(H,16,17). The highest BCUT2D eigenvalue weighted by Gasteiger charge is 2.05. The first-order chi connectivity index (χ1) is 8.15. The average molecular weight is 229 g/mol. The molecule has 1 heterocycles. The second-order valence-corrected chi connectivity index (χ2v) is 3.59. The van der Waals surface area contributed by atoms with Crippen molar-refractivity contribution < 1.29 is 9.90 Å². The molecule has 0 aliphatic heterocycles. The number of benzene rings is 1. The summed E-state index contributed by atoms with van der Waals surface area (Å²) in [4.78, 5) is 18.5. The number of aromatic nitrogens is 2. The van der Waals surface area contributed by atoms with E-state index in [2.05, 4.69) is 15.3 Å². The van der Waals surface area contributed by atoms with Gasteiger partial charge in [-0.1, -0.05) is 17.7 Å². The Morgan fingerprint density at radius 1 is 1.24 bits per heavy atom. The Labute approximate surface area is 98.2 Å². The molecule has 5 nitrogen and oxygen atoms in total. The van der Waals surface area contributed by atoms with Gasteiger partial charge in [-0.05, 0) is 19.1 Å². The van der Waals surface area contributed by atoms with Crippen molar-refractivity contribution in [2.24, 2.45) is 0 Å². The fraction of sp³-hybridized carbons (Fsp3) is 0.0833. The van der Waals surface area contributed by atoms with E-state index in [-0.39, 0.29) is 5.69 Å². The maximum absolute atomic E-state index is 10.7. The van der Waals surface area contributed by atoms with Crippen LogP contribution in [0.15, 0.2) is 36.7 Å². The van der Waals surface area contributed by atoms with E-state index in [1.165, 1.54) is 12.4 Å². The third kappa shape index (κ3) is 2.78. The van der Waals surface area contributed by atoms with Crippen LogP contribution >= 0.6 is 0 Å². The van der Waals surface area contributed by atoms with Gasteiger partial charge in [0.05, 0.1) is 12.4 Å². The van der Waals surface area contributed by atoms with Crippen LogP contribution in [-0.4, -0.2) is 21.0 Å². The van der Waals surface area contributed by atoms with Crippen LogP contribution in [0.3, 0.4) is 0 Å². The molecule has 1 aromatic heterocycles. The monoisotopic (exact) mass is 229 g/mol. The largest absolute Gasteiger partial charge is 0.476 e. The number of hydrogen-bond donors (Lipinski definition) is 2. The minimum absolute atomic E-state index is 0.0814. The number of carbonyl (C=O) groups is 1. The molecule has 0 saturated carbocycles. The smallest absolute Gasteiger partial charge is 0.356 e. The predicted molar refractivity (Wildman–Crippen MR) is 63.5 cm³/mol. The Morgan fingerprint density at radius 2 is 1.94 bits per heavy atom. The molecule has 0 atom stereocenters. The zero-order valence-electron chi connectivity index (χ0n) is 9.21. The van der Waals surface area contributed by atoms with Gasteiger partial charge in [0.25, 0.3) is 0 Å². The minimum atomic E-state index is -1.09. The van der Waals surface area contributed by atoms with Crippen molar-refractivity contribution in [3.8, 4) is 0 Å². The fourth-order valence-corrected chi connectivity index (χ4v) is 1.31. The molecule has 0 spiro atoms. The maximum Gasteiger partial charge on any atom is 0.356 e. The zero-order valence-corrected chi connectivity index (χ0v) is 9.21. The summed E-state index contributed by atoms with van der Waals surface area (Å²) in [5.41, 5.74) is 1.91. The summed E-state index contributed by atoms with van der Waals surface area (Å²) in [6, 6.07) is 7.70. The highest BCUT2D eigenvalue weighted by Crippen LogP contribution is 2.14. The lowest BCUT2D eigenvalue weighted by atomic mass is 10.2. The van der Waals surface area contributed by atoms with E-state index in [4.69, 9.17) is 5.11 Å². The molecular formula is C12H11N3O2. The molecule has 0 radical (unpaired) electrons. The third-order valence-corrected chi connectivity index (χ3v) is 2.18. The lowest BCUT2D eigenvalue weighted by Gasteiger charge is -2.05. The molecular weight excluding hydrogens is 218 g/mol. The second-order valence-electron chi connectivity index (χ2n) is 3.59. The van der Waals surface area contributed by atoms with Crippen molar-refractivity contribution in [1.29, 1.82) is 0 Å².